The van der Waals surface area contributed by atoms with Gasteiger partial charge in [-0.15, -0.1) is 0 Å². The van der Waals surface area contributed by atoms with E-state index in [4.69, 9.17) is 5.10 Å². The quantitative estimate of drug-likeness (QED) is 0.813. The summed E-state index contributed by atoms with van der Waals surface area (Å²) in [6.45, 7) is 8.04. The molecule has 3 heterocycles. The van der Waals surface area contributed by atoms with E-state index in [-0.39, 0.29) is 11.8 Å². The van der Waals surface area contributed by atoms with Gasteiger partial charge in [0.25, 0.3) is 0 Å². The molecule has 7 heteroatoms. The highest BCUT2D eigenvalue weighted by Gasteiger charge is 2.33. The fourth-order valence-electron chi connectivity index (χ4n) is 4.88. The van der Waals surface area contributed by atoms with Crippen molar-refractivity contribution in [2.45, 2.75) is 58.9 Å². The molecule has 2 amide bonds. The minimum absolute atomic E-state index is 0.0789. The van der Waals surface area contributed by atoms with Gasteiger partial charge < -0.3 is 15.1 Å². The normalized spacial score (nSPS) is 20.0. The van der Waals surface area contributed by atoms with Gasteiger partial charge in [-0.3, -0.25) is 9.59 Å². The van der Waals surface area contributed by atoms with Gasteiger partial charge >= 0.3 is 0 Å². The lowest BCUT2D eigenvalue weighted by Gasteiger charge is -2.39. The molecule has 2 fully saturated rings. The first-order chi connectivity index (χ1) is 15.0. The molecule has 166 valence electrons. The van der Waals surface area contributed by atoms with E-state index in [1.54, 1.807) is 0 Å². The maximum atomic E-state index is 13.1. The molecule has 2 aromatic rings. The van der Waals surface area contributed by atoms with Gasteiger partial charge in [0.2, 0.25) is 11.8 Å². The molecule has 1 N–H and O–H groups in total. The molecule has 7 nitrogen and oxygen atoms in total. The maximum Gasteiger partial charge on any atom is 0.226 e. The van der Waals surface area contributed by atoms with Crippen molar-refractivity contribution in [1.82, 2.24) is 14.7 Å². The van der Waals surface area contributed by atoms with E-state index in [1.807, 2.05) is 41.9 Å². The first-order valence-electron chi connectivity index (χ1n) is 11.4. The molecule has 1 aromatic carbocycles. The van der Waals surface area contributed by atoms with Crippen molar-refractivity contribution < 1.29 is 9.59 Å². The van der Waals surface area contributed by atoms with Crippen molar-refractivity contribution in [3.63, 3.8) is 0 Å². The number of aryl methyl sites for hydroxylation is 1. The maximum absolute atomic E-state index is 13.1. The van der Waals surface area contributed by atoms with Gasteiger partial charge in [-0.1, -0.05) is 18.2 Å². The van der Waals surface area contributed by atoms with Crippen molar-refractivity contribution in [2.24, 2.45) is 5.92 Å². The summed E-state index contributed by atoms with van der Waals surface area (Å²) >= 11 is 0. The number of para-hydroxylation sites is 1. The molecule has 31 heavy (non-hydrogen) atoms. The van der Waals surface area contributed by atoms with Gasteiger partial charge in [0.05, 0.1) is 11.4 Å². The SMILES string of the molecule is CC(=O)Nc1c(C)nn(-c2ccccc2)c1N1CCC(C(=O)N2CCCC[C@@H]2C)CC1. The van der Waals surface area contributed by atoms with Crippen LogP contribution >= 0.6 is 0 Å². The molecule has 1 aromatic heterocycles. The summed E-state index contributed by atoms with van der Waals surface area (Å²) in [5.41, 5.74) is 2.50. The number of carbonyl (C=O) groups is 2. The highest BCUT2D eigenvalue weighted by Crippen LogP contribution is 2.35. The predicted molar refractivity (Wildman–Crippen MR) is 123 cm³/mol. The molecule has 0 unspecified atom stereocenters. The summed E-state index contributed by atoms with van der Waals surface area (Å²) in [5.74, 6) is 1.19. The standard InChI is InChI=1S/C24H33N5O2/c1-17-9-7-8-14-28(17)24(31)20-12-15-27(16-13-20)23-22(25-19(3)30)18(2)26-29(23)21-10-5-4-6-11-21/h4-6,10-11,17,20H,7-9,12-16H2,1-3H3,(H,25,30)/t17-/m0/s1. The molecule has 4 rings (SSSR count). The Hall–Kier alpha value is -2.83. The Labute approximate surface area is 184 Å². The number of likely N-dealkylation sites (tertiary alicyclic amines) is 1. The average molecular weight is 424 g/mol. The number of amides is 2. The van der Waals surface area contributed by atoms with Gasteiger partial charge in [0.1, 0.15) is 5.69 Å². The number of rotatable bonds is 4. The van der Waals surface area contributed by atoms with Crippen LogP contribution in [0, 0.1) is 12.8 Å². The fourth-order valence-corrected chi connectivity index (χ4v) is 4.88. The molecular formula is C24H33N5O2. The van der Waals surface area contributed by atoms with Crippen LogP contribution in [-0.4, -0.2) is 52.2 Å². The minimum atomic E-state index is -0.110. The zero-order valence-electron chi connectivity index (χ0n) is 18.8. The smallest absolute Gasteiger partial charge is 0.226 e. The topological polar surface area (TPSA) is 70.5 Å². The van der Waals surface area contributed by atoms with Gasteiger partial charge in [0.15, 0.2) is 5.82 Å². The van der Waals surface area contributed by atoms with Crippen molar-refractivity contribution >= 4 is 23.3 Å². The number of hydrogen-bond donors (Lipinski definition) is 1. The largest absolute Gasteiger partial charge is 0.355 e. The third-order valence-corrected chi connectivity index (χ3v) is 6.57. The fraction of sp³-hybridized carbons (Fsp3) is 0.542. The molecule has 2 aliphatic heterocycles. The lowest BCUT2D eigenvalue weighted by Crippen LogP contribution is -2.48. The summed E-state index contributed by atoms with van der Waals surface area (Å²) in [5, 5.41) is 7.71. The van der Waals surface area contributed by atoms with Crippen LogP contribution < -0.4 is 10.2 Å². The molecule has 1 atom stereocenters. The number of piperidine rings is 2. The summed E-state index contributed by atoms with van der Waals surface area (Å²) < 4.78 is 1.91. The number of carbonyl (C=O) groups excluding carboxylic acids is 2. The second-order valence-corrected chi connectivity index (χ2v) is 8.85. The average Bonchev–Trinajstić information content (AvgIpc) is 3.10. The molecule has 2 aliphatic rings. The second-order valence-electron chi connectivity index (χ2n) is 8.85. The first kappa shape index (κ1) is 21.4. The summed E-state index contributed by atoms with van der Waals surface area (Å²) in [7, 11) is 0. The van der Waals surface area contributed by atoms with Gasteiger partial charge in [-0.05, 0) is 58.1 Å². The van der Waals surface area contributed by atoms with Crippen molar-refractivity contribution in [3.8, 4) is 5.69 Å². The van der Waals surface area contributed by atoms with Crippen LogP contribution in [0.4, 0.5) is 11.5 Å². The van der Waals surface area contributed by atoms with Gasteiger partial charge in [0, 0.05) is 38.5 Å². The number of hydrogen-bond acceptors (Lipinski definition) is 4. The zero-order valence-corrected chi connectivity index (χ0v) is 18.8. The van der Waals surface area contributed by atoms with Crippen LogP contribution in [0.3, 0.4) is 0 Å². The van der Waals surface area contributed by atoms with Crippen LogP contribution in [0.5, 0.6) is 0 Å². The van der Waals surface area contributed by atoms with E-state index in [0.717, 1.165) is 68.2 Å². The summed E-state index contributed by atoms with van der Waals surface area (Å²) in [6, 6.07) is 10.3. The highest BCUT2D eigenvalue weighted by atomic mass is 16.2. The molecule has 0 aliphatic carbocycles. The Morgan fingerprint density at radius 2 is 1.74 bits per heavy atom. The Morgan fingerprint density at radius 1 is 1.03 bits per heavy atom. The number of nitrogens with zero attached hydrogens (tertiary/aromatic N) is 4. The Bertz CT molecular complexity index is 931. The van der Waals surface area contributed by atoms with Gasteiger partial charge in [-0.25, -0.2) is 4.68 Å². The monoisotopic (exact) mass is 423 g/mol. The van der Waals surface area contributed by atoms with Crippen LogP contribution in [0.15, 0.2) is 30.3 Å². The Balaban J connectivity index is 1.56. The molecular weight excluding hydrogens is 390 g/mol. The van der Waals surface area contributed by atoms with Gasteiger partial charge in [-0.2, -0.15) is 5.10 Å². The van der Waals surface area contributed by atoms with E-state index in [1.165, 1.54) is 13.3 Å². The number of benzene rings is 1. The highest BCUT2D eigenvalue weighted by molar-refractivity contribution is 5.93. The van der Waals surface area contributed by atoms with E-state index in [2.05, 4.69) is 22.0 Å². The minimum Gasteiger partial charge on any atom is -0.355 e. The lowest BCUT2D eigenvalue weighted by atomic mass is 9.93. The molecule has 0 saturated carbocycles. The second kappa shape index (κ2) is 9.12. The van der Waals surface area contributed by atoms with Crippen molar-refractivity contribution in [1.29, 1.82) is 0 Å². The Morgan fingerprint density at radius 3 is 2.39 bits per heavy atom. The summed E-state index contributed by atoms with van der Waals surface area (Å²) in [4.78, 5) is 29.4. The van der Waals surface area contributed by atoms with Crippen molar-refractivity contribution in [2.75, 3.05) is 29.9 Å². The first-order valence-corrected chi connectivity index (χ1v) is 11.4. The number of aromatic nitrogens is 2. The zero-order chi connectivity index (χ0) is 22.0. The van der Waals surface area contributed by atoms with E-state index in [0.29, 0.717) is 11.9 Å². The van der Waals surface area contributed by atoms with Crippen LogP contribution in [-0.2, 0) is 9.59 Å². The van der Waals surface area contributed by atoms with Crippen molar-refractivity contribution in [3.05, 3.63) is 36.0 Å². The van der Waals surface area contributed by atoms with Crippen LogP contribution in [0.2, 0.25) is 0 Å². The number of anilines is 2. The third kappa shape index (κ3) is 4.45. The third-order valence-electron chi connectivity index (χ3n) is 6.57. The number of nitrogens with one attached hydrogen (secondary N) is 1. The molecule has 0 bridgehead atoms. The lowest BCUT2D eigenvalue weighted by molar-refractivity contribution is -0.139. The molecule has 2 saturated heterocycles. The summed E-state index contributed by atoms with van der Waals surface area (Å²) in [6.07, 6.45) is 5.09. The van der Waals surface area contributed by atoms with Crippen LogP contribution in [0.1, 0.15) is 51.6 Å². The van der Waals surface area contributed by atoms with E-state index >= 15 is 0 Å². The molecule has 0 spiro atoms. The molecule has 0 radical (unpaired) electrons. The van der Waals surface area contributed by atoms with E-state index < -0.39 is 0 Å². The Kier molecular flexibility index (Phi) is 6.30. The predicted octanol–water partition coefficient (Wildman–Crippen LogP) is 3.76. The van der Waals surface area contributed by atoms with E-state index in [9.17, 15) is 9.59 Å². The van der Waals surface area contributed by atoms with Crippen LogP contribution in [0.25, 0.3) is 5.69 Å².